The number of hydrogen-bond donors (Lipinski definition) is 0. The van der Waals surface area contributed by atoms with Gasteiger partial charge >= 0.3 is 0 Å². The van der Waals surface area contributed by atoms with Crippen LogP contribution in [0, 0.1) is 0 Å². The maximum atomic E-state index is 6.24. The molecule has 36 heavy (non-hydrogen) atoms. The second-order valence-corrected chi connectivity index (χ2v) is 9.57. The third kappa shape index (κ3) is 4.33. The highest BCUT2D eigenvalue weighted by molar-refractivity contribution is 7.18. The minimum absolute atomic E-state index is 0.215. The molecule has 0 saturated carbocycles. The van der Waals surface area contributed by atoms with Crippen LogP contribution in [0.1, 0.15) is 12.5 Å². The van der Waals surface area contributed by atoms with Crippen molar-refractivity contribution in [2.45, 2.75) is 19.6 Å². The summed E-state index contributed by atoms with van der Waals surface area (Å²) in [5.41, 5.74) is 3.51. The lowest BCUT2D eigenvalue weighted by Crippen LogP contribution is -2.41. The van der Waals surface area contributed by atoms with Gasteiger partial charge in [-0.15, -0.1) is 5.10 Å². The van der Waals surface area contributed by atoms with Crippen molar-refractivity contribution in [3.63, 3.8) is 0 Å². The Bertz CT molecular complexity index is 1490. The Kier molecular flexibility index (Phi) is 5.90. The number of methoxy groups -OCH3 is 2. The number of benzene rings is 2. The molecule has 1 aliphatic heterocycles. The Balaban J connectivity index is 1.27. The highest BCUT2D eigenvalue weighted by Gasteiger charge is 2.19. The molecule has 0 radical (unpaired) electrons. The van der Waals surface area contributed by atoms with Gasteiger partial charge in [0.1, 0.15) is 29.4 Å². The molecule has 1 aliphatic rings. The van der Waals surface area contributed by atoms with Crippen LogP contribution in [0.2, 0.25) is 0 Å². The van der Waals surface area contributed by atoms with E-state index in [1.165, 1.54) is 11.3 Å². The lowest BCUT2D eigenvalue weighted by atomic mass is 10.1. The van der Waals surface area contributed by atoms with Crippen LogP contribution < -0.4 is 19.1 Å². The number of rotatable bonds is 7. The largest absolute Gasteiger partial charge is 0.497 e. The maximum Gasteiger partial charge on any atom is 0.294 e. The molecule has 2 aromatic carbocycles. The average molecular weight is 507 g/mol. The van der Waals surface area contributed by atoms with Crippen LogP contribution in [0.25, 0.3) is 27.4 Å². The fourth-order valence-corrected chi connectivity index (χ4v) is 5.11. The zero-order valence-electron chi connectivity index (χ0n) is 20.3. The highest BCUT2D eigenvalue weighted by Crippen LogP contribution is 2.34. The van der Waals surface area contributed by atoms with Crippen molar-refractivity contribution in [2.24, 2.45) is 0 Å². The number of ether oxygens (including phenoxy) is 4. The second kappa shape index (κ2) is 9.36. The smallest absolute Gasteiger partial charge is 0.294 e. The van der Waals surface area contributed by atoms with Gasteiger partial charge < -0.3 is 28.3 Å². The summed E-state index contributed by atoms with van der Waals surface area (Å²) in [5, 5.41) is 5.85. The first kappa shape index (κ1) is 22.7. The van der Waals surface area contributed by atoms with E-state index in [1.54, 1.807) is 18.7 Å². The number of nitrogens with zero attached hydrogens (tertiary/aromatic N) is 4. The predicted molar refractivity (Wildman–Crippen MR) is 138 cm³/mol. The van der Waals surface area contributed by atoms with Crippen molar-refractivity contribution < 1.29 is 23.4 Å². The van der Waals surface area contributed by atoms with Crippen molar-refractivity contribution in [1.29, 1.82) is 0 Å². The number of aromatic nitrogens is 3. The monoisotopic (exact) mass is 506 g/mol. The molecule has 3 aromatic heterocycles. The van der Waals surface area contributed by atoms with Gasteiger partial charge in [-0.05, 0) is 42.5 Å². The average Bonchev–Trinajstić information content (AvgIpc) is 3.60. The fraction of sp³-hybridized carbons (Fsp3) is 0.308. The maximum absolute atomic E-state index is 6.24. The van der Waals surface area contributed by atoms with Crippen molar-refractivity contribution in [2.75, 3.05) is 38.8 Å². The van der Waals surface area contributed by atoms with E-state index in [1.807, 2.05) is 36.5 Å². The number of fused-ring (bicyclic) bond motifs is 2. The number of anilines is 1. The summed E-state index contributed by atoms with van der Waals surface area (Å²) in [5.74, 6) is 2.16. The van der Waals surface area contributed by atoms with Gasteiger partial charge in [-0.25, -0.2) is 9.50 Å². The van der Waals surface area contributed by atoms with Gasteiger partial charge in [0.15, 0.2) is 5.76 Å². The van der Waals surface area contributed by atoms with Crippen LogP contribution in [-0.4, -0.2) is 54.6 Å². The van der Waals surface area contributed by atoms with Crippen molar-refractivity contribution in [3.05, 3.63) is 54.2 Å². The van der Waals surface area contributed by atoms with Crippen LogP contribution in [0.4, 0.5) is 5.69 Å². The van der Waals surface area contributed by atoms with E-state index >= 15 is 0 Å². The number of morpholine rings is 1. The van der Waals surface area contributed by atoms with Crippen molar-refractivity contribution in [1.82, 2.24) is 14.6 Å². The van der Waals surface area contributed by atoms with E-state index < -0.39 is 0 Å². The fourth-order valence-electron chi connectivity index (χ4n) is 4.41. The number of furan rings is 1. The molecule has 0 spiro atoms. The molecule has 0 amide bonds. The van der Waals surface area contributed by atoms with Gasteiger partial charge in [-0.1, -0.05) is 6.07 Å². The zero-order valence-corrected chi connectivity index (χ0v) is 21.1. The summed E-state index contributed by atoms with van der Waals surface area (Å²) in [6.07, 6.45) is 2.05. The lowest BCUT2D eigenvalue weighted by molar-refractivity contribution is 0.0532. The zero-order chi connectivity index (χ0) is 24.6. The second-order valence-electron chi connectivity index (χ2n) is 8.65. The summed E-state index contributed by atoms with van der Waals surface area (Å²) < 4.78 is 30.5. The molecule has 6 rings (SSSR count). The number of hydrogen-bond acceptors (Lipinski definition) is 9. The molecule has 1 saturated heterocycles. The Morgan fingerprint density at radius 3 is 2.83 bits per heavy atom. The molecule has 10 heteroatoms. The van der Waals surface area contributed by atoms with E-state index in [2.05, 4.69) is 34.0 Å². The van der Waals surface area contributed by atoms with E-state index in [9.17, 15) is 0 Å². The first-order chi connectivity index (χ1) is 17.6. The third-order valence-electron chi connectivity index (χ3n) is 6.20. The van der Waals surface area contributed by atoms with Crippen molar-refractivity contribution in [3.8, 4) is 28.1 Å². The molecule has 186 valence electrons. The molecular weight excluding hydrogens is 480 g/mol. The summed E-state index contributed by atoms with van der Waals surface area (Å²) in [6.45, 7) is 4.93. The molecule has 9 nitrogen and oxygen atoms in total. The molecular formula is C26H26N4O5S. The van der Waals surface area contributed by atoms with Gasteiger partial charge in [0, 0.05) is 41.9 Å². The van der Waals surface area contributed by atoms with Crippen LogP contribution >= 0.6 is 11.3 Å². The Hall–Kier alpha value is -3.76. The molecule has 1 fully saturated rings. The van der Waals surface area contributed by atoms with Crippen LogP contribution in [0.3, 0.4) is 0 Å². The summed E-state index contributed by atoms with van der Waals surface area (Å²) in [6, 6.07) is 14.0. The Morgan fingerprint density at radius 1 is 1.11 bits per heavy atom. The summed E-state index contributed by atoms with van der Waals surface area (Å²) in [4.78, 5) is 7.70. The SMILES string of the molecule is COc1cc(COc2cccc(N3CCOC(C)C3)c2)c2cc(-c3cn4nc(OC)sc4n3)oc2c1. The summed E-state index contributed by atoms with van der Waals surface area (Å²) in [7, 11) is 3.24. The number of imidazole rings is 1. The van der Waals surface area contributed by atoms with Gasteiger partial charge in [0.05, 0.1) is 33.1 Å². The molecule has 0 aliphatic carbocycles. The van der Waals surface area contributed by atoms with E-state index in [4.69, 9.17) is 23.4 Å². The minimum Gasteiger partial charge on any atom is -0.497 e. The third-order valence-corrected chi connectivity index (χ3v) is 7.09. The van der Waals surface area contributed by atoms with Gasteiger partial charge in [0.25, 0.3) is 5.19 Å². The molecule has 5 aromatic rings. The van der Waals surface area contributed by atoms with Gasteiger partial charge in [-0.2, -0.15) is 0 Å². The lowest BCUT2D eigenvalue weighted by Gasteiger charge is -2.33. The Labute approximate surface area is 211 Å². The normalized spacial score (nSPS) is 16.1. The minimum atomic E-state index is 0.215. The van der Waals surface area contributed by atoms with E-state index in [0.29, 0.717) is 34.6 Å². The van der Waals surface area contributed by atoms with Crippen LogP contribution in [-0.2, 0) is 11.3 Å². The van der Waals surface area contributed by atoms with Crippen molar-refractivity contribution >= 4 is 33.0 Å². The van der Waals surface area contributed by atoms with Gasteiger partial charge in [-0.3, -0.25) is 0 Å². The first-order valence-electron chi connectivity index (χ1n) is 11.7. The standard InChI is InChI=1S/C26H26N4O5S/c1-16-13-29(7-8-33-16)18-5-4-6-19(10-18)34-15-17-9-20(31-2)11-23-21(17)12-24(35-23)22-14-30-25(27-22)36-26(28-30)32-3/h4-6,9-12,14,16H,7-8,13,15H2,1-3H3. The Morgan fingerprint density at radius 2 is 2.03 bits per heavy atom. The molecule has 0 bridgehead atoms. The first-order valence-corrected chi connectivity index (χ1v) is 12.5. The molecule has 0 N–H and O–H groups in total. The highest BCUT2D eigenvalue weighted by atomic mass is 32.1. The summed E-state index contributed by atoms with van der Waals surface area (Å²) >= 11 is 1.37. The van der Waals surface area contributed by atoms with E-state index in [-0.39, 0.29) is 6.10 Å². The molecule has 4 heterocycles. The van der Waals surface area contributed by atoms with Crippen LogP contribution in [0.5, 0.6) is 16.7 Å². The molecule has 1 atom stereocenters. The quantitative estimate of drug-likeness (QED) is 0.304. The van der Waals surface area contributed by atoms with Gasteiger partial charge in [0.2, 0.25) is 4.96 Å². The predicted octanol–water partition coefficient (Wildman–Crippen LogP) is 5.03. The van der Waals surface area contributed by atoms with E-state index in [0.717, 1.165) is 47.0 Å². The molecule has 1 unspecified atom stereocenters. The topological polar surface area (TPSA) is 83.5 Å². The van der Waals surface area contributed by atoms with Crippen LogP contribution in [0.15, 0.2) is 53.1 Å².